The lowest BCUT2D eigenvalue weighted by Gasteiger charge is -2.63. The van der Waals surface area contributed by atoms with Crippen LogP contribution in [-0.4, -0.2) is 201 Å². The van der Waals surface area contributed by atoms with Gasteiger partial charge in [-0.3, -0.25) is 48.7 Å². The van der Waals surface area contributed by atoms with Crippen LogP contribution in [0.5, 0.6) is 5.75 Å². The Labute approximate surface area is 424 Å². The summed E-state index contributed by atoms with van der Waals surface area (Å²) in [6, 6.07) is -4.68. The first-order chi connectivity index (χ1) is 34.4. The summed E-state index contributed by atoms with van der Waals surface area (Å²) in [5.74, 6) is -12.2. The van der Waals surface area contributed by atoms with Crippen molar-refractivity contribution >= 4 is 86.8 Å². The number of carbonyl (C=O) groups is 10. The van der Waals surface area contributed by atoms with Gasteiger partial charge in [-0.25, -0.2) is 15.0 Å². The quantitative estimate of drug-likeness (QED) is 0.0191. The summed E-state index contributed by atoms with van der Waals surface area (Å²) < 4.78 is 10.7. The van der Waals surface area contributed by atoms with Gasteiger partial charge in [-0.2, -0.15) is 0 Å². The topological polar surface area (TPSA) is 441 Å². The van der Waals surface area contributed by atoms with Crippen LogP contribution in [0.25, 0.3) is 0 Å². The van der Waals surface area contributed by atoms with E-state index in [2.05, 4.69) is 26.4 Å². The van der Waals surface area contributed by atoms with Crippen LogP contribution < -0.4 is 53.2 Å². The number of fused-ring (bicyclic) bond motifs is 1. The van der Waals surface area contributed by atoms with E-state index in [4.69, 9.17) is 26.0 Å². The number of carboxylic acids is 4. The molecule has 1 saturated heterocycles. The molecule has 5 rings (SSSR count). The Bertz CT molecular complexity index is 2370. The molecule has 1 spiro atoms. The minimum absolute atomic E-state index is 0.0552. The summed E-state index contributed by atoms with van der Waals surface area (Å²) in [4.78, 5) is 129. The van der Waals surface area contributed by atoms with Gasteiger partial charge in [0.25, 0.3) is 5.91 Å². The van der Waals surface area contributed by atoms with Crippen molar-refractivity contribution in [1.82, 2.24) is 37.0 Å². The van der Waals surface area contributed by atoms with Gasteiger partial charge in [0.2, 0.25) is 23.6 Å². The number of benzene rings is 1. The lowest BCUT2D eigenvalue weighted by Crippen LogP contribution is -2.82. The molecule has 3 heterocycles. The van der Waals surface area contributed by atoms with E-state index in [-0.39, 0.29) is 24.2 Å². The van der Waals surface area contributed by atoms with Crippen LogP contribution in [0.4, 0.5) is 10.5 Å². The zero-order valence-electron chi connectivity index (χ0n) is 39.7. The van der Waals surface area contributed by atoms with E-state index in [0.717, 1.165) is 32.8 Å². The predicted molar refractivity (Wildman–Crippen MR) is 256 cm³/mol. The molecule has 73 heavy (non-hydrogen) atoms. The maximum atomic E-state index is 14.3. The Morgan fingerprint density at radius 3 is 1.99 bits per heavy atom. The Morgan fingerprint density at radius 2 is 1.41 bits per heavy atom. The molecule has 402 valence electrons. The number of aliphatic hydroxyl groups excluding tert-OH is 1. The lowest BCUT2D eigenvalue weighted by molar-refractivity contribution is -0.204. The molecule has 1 saturated carbocycles. The van der Waals surface area contributed by atoms with Crippen LogP contribution in [0.2, 0.25) is 0 Å². The van der Waals surface area contributed by atoms with Crippen molar-refractivity contribution in [3.8, 4) is 5.75 Å². The molecule has 28 nitrogen and oxygen atoms in total. The smallest absolute Gasteiger partial charge is 0.426 e. The number of hydrogen-bond donors (Lipinski definition) is 14. The number of nitrogens with one attached hydrogen (secondary N) is 6. The minimum atomic E-state index is -2.48. The maximum Gasteiger partial charge on any atom is 0.426 e. The first-order valence-electron chi connectivity index (χ1n) is 22.7. The largest absolute Gasteiger partial charge is 0.497 e. The van der Waals surface area contributed by atoms with Crippen LogP contribution in [0.3, 0.4) is 0 Å². The Hall–Kier alpha value is -6.44. The average Bonchev–Trinajstić information content (AvgIpc) is 3.85. The Balaban J connectivity index is 1.12. The summed E-state index contributed by atoms with van der Waals surface area (Å²) in [6.07, 6.45) is -1.12. The molecule has 0 aromatic heterocycles. The third-order valence-corrected chi connectivity index (χ3v) is 15.8. The normalized spacial score (nSPS) is 25.4. The van der Waals surface area contributed by atoms with Gasteiger partial charge in [-0.05, 0) is 31.0 Å². The summed E-state index contributed by atoms with van der Waals surface area (Å²) in [7, 11) is 5.21. The second-order valence-corrected chi connectivity index (χ2v) is 20.3. The number of aliphatic hydroxyl groups is 2. The molecule has 6 amide bonds. The zero-order chi connectivity index (χ0) is 54.2. The van der Waals surface area contributed by atoms with Crippen LogP contribution >= 0.6 is 21.6 Å². The molecule has 16 N–H and O–H groups in total. The fourth-order valence-electron chi connectivity index (χ4n) is 10.3. The monoisotopic (exact) mass is 1070 g/mol. The molecule has 1 unspecified atom stereocenters. The standard InChI is InChI=1S/C43H60N10O18S2/c1-4-41-8-5-10-53-11-9-42(36(41)53)21-7-6-20(70-3)14-27(21)52(2)37(42)43(69,38(41)66)39(67)50-51-40(68)71-12-13-72-73-19-26(35(64)65)49-34(63)25(18-44)48-33(62)24(17-30(58)59)47-32(61)23(16-29(56)57)46-31(60)22(45)15-28(54)55/h5-8,14,22-26,36-38,66,69H,4,9-13,15-19,44-45H2,1-3H3,(H,46,60)(H,47,61)(H,48,62)(H,49,63)(H,50,67)(H,51,68)(H,54,55)(H,56,57)(H,58,59)(H,64,65)/t22-,23-,24+,25+,26-,36?,37+,38+,41+,42+,43-/m0/s1. The molecule has 0 bridgehead atoms. The number of likely N-dealkylation sites (N-methyl/N-ethyl adjacent to an activating group) is 1. The highest BCUT2D eigenvalue weighted by Crippen LogP contribution is 2.66. The molecule has 0 radical (unpaired) electrons. The van der Waals surface area contributed by atoms with Gasteiger partial charge < -0.3 is 77.7 Å². The third-order valence-electron chi connectivity index (χ3n) is 13.5. The number of ether oxygens (including phenoxy) is 2. The summed E-state index contributed by atoms with van der Waals surface area (Å²) >= 11 is 0. The van der Waals surface area contributed by atoms with Crippen molar-refractivity contribution in [2.75, 3.05) is 56.8 Å². The minimum Gasteiger partial charge on any atom is -0.497 e. The number of carboxylic acid groups (broad SMARTS) is 4. The number of rotatable bonds is 25. The van der Waals surface area contributed by atoms with Crippen molar-refractivity contribution in [3.05, 3.63) is 35.9 Å². The van der Waals surface area contributed by atoms with Gasteiger partial charge in [-0.15, -0.1) is 0 Å². The molecule has 1 aromatic carbocycles. The lowest BCUT2D eigenvalue weighted by atomic mass is 9.47. The number of carbonyl (C=O) groups excluding carboxylic acids is 6. The van der Waals surface area contributed by atoms with E-state index in [1.807, 2.05) is 47.9 Å². The molecule has 2 fully saturated rings. The average molecular weight is 1070 g/mol. The van der Waals surface area contributed by atoms with Gasteiger partial charge >= 0.3 is 30.0 Å². The first kappa shape index (κ1) is 57.5. The maximum absolute atomic E-state index is 14.3. The second kappa shape index (κ2) is 24.1. The highest BCUT2D eigenvalue weighted by molar-refractivity contribution is 8.76. The number of hydrogen-bond acceptors (Lipinski definition) is 20. The number of amides is 6. The van der Waals surface area contributed by atoms with E-state index in [9.17, 15) is 73.5 Å². The van der Waals surface area contributed by atoms with E-state index in [1.54, 1.807) is 11.9 Å². The fourth-order valence-corrected chi connectivity index (χ4v) is 12.3. The Morgan fingerprint density at radius 1 is 0.822 bits per heavy atom. The van der Waals surface area contributed by atoms with Crippen LogP contribution in [0.15, 0.2) is 30.4 Å². The first-order valence-corrected chi connectivity index (χ1v) is 25.2. The van der Waals surface area contributed by atoms with Gasteiger partial charge in [0.1, 0.15) is 42.6 Å². The van der Waals surface area contributed by atoms with Gasteiger partial charge in [0.05, 0.1) is 38.5 Å². The Kier molecular flexibility index (Phi) is 18.9. The van der Waals surface area contributed by atoms with Crippen molar-refractivity contribution in [2.24, 2.45) is 16.9 Å². The number of anilines is 1. The van der Waals surface area contributed by atoms with Crippen molar-refractivity contribution in [2.45, 2.75) is 98.4 Å². The van der Waals surface area contributed by atoms with Crippen LogP contribution in [0.1, 0.15) is 44.6 Å². The summed E-state index contributed by atoms with van der Waals surface area (Å²) in [5, 5.41) is 70.5. The highest BCUT2D eigenvalue weighted by Gasteiger charge is 2.78. The summed E-state index contributed by atoms with van der Waals surface area (Å²) in [6.45, 7) is 2.21. The van der Waals surface area contributed by atoms with E-state index in [1.165, 1.54) is 7.11 Å². The predicted octanol–water partition coefficient (Wildman–Crippen LogP) is -4.23. The van der Waals surface area contributed by atoms with Gasteiger partial charge in [-0.1, -0.05) is 46.7 Å². The highest BCUT2D eigenvalue weighted by atomic mass is 33.1. The van der Waals surface area contributed by atoms with Crippen LogP contribution in [-0.2, 0) is 53.3 Å². The van der Waals surface area contributed by atoms with E-state index >= 15 is 0 Å². The molecular formula is C43H60N10O18S2. The molecule has 1 aromatic rings. The number of nitrogens with two attached hydrogens (primary N) is 2. The molecule has 4 aliphatic rings. The molecule has 1 aliphatic carbocycles. The number of aliphatic carboxylic acids is 4. The van der Waals surface area contributed by atoms with Gasteiger partial charge in [0.15, 0.2) is 5.60 Å². The molecule has 3 aliphatic heterocycles. The van der Waals surface area contributed by atoms with E-state index < -0.39 is 144 Å². The van der Waals surface area contributed by atoms with Gasteiger partial charge in [0, 0.05) is 60.3 Å². The fraction of sp³-hybridized carbons (Fsp3) is 0.581. The second-order valence-electron chi connectivity index (χ2n) is 17.7. The summed E-state index contributed by atoms with van der Waals surface area (Å²) in [5.41, 5.74) is 12.8. The number of hydrazine groups is 1. The van der Waals surface area contributed by atoms with Crippen molar-refractivity contribution < 1.29 is 88.1 Å². The zero-order valence-corrected chi connectivity index (χ0v) is 41.4. The van der Waals surface area contributed by atoms with E-state index in [0.29, 0.717) is 31.7 Å². The number of methoxy groups -OCH3 is 1. The SMILES string of the molecule is CC[C@]12C=CCN3CC[C@@]4(c5ccc(OC)cc5N(C)[C@H]4[C@@](O)(C(=O)NNC(=O)OCCSSC[C@H](NC(=O)[C@@H](CN)NC(=O)[C@@H](CC(=O)O)NC(=O)[C@H](CC(=O)O)NC(=O)[C@@H](N)CC(=O)O)C(=O)O)[C@@H]1O)C32. The number of nitrogens with zero attached hydrogens (tertiary/aromatic N) is 2. The van der Waals surface area contributed by atoms with Crippen molar-refractivity contribution in [1.29, 1.82) is 0 Å². The molecule has 30 heteroatoms. The van der Waals surface area contributed by atoms with Crippen LogP contribution in [0, 0.1) is 5.41 Å². The molecular weight excluding hydrogens is 1010 g/mol. The third kappa shape index (κ3) is 12.0. The molecule has 11 atom stereocenters. The van der Waals surface area contributed by atoms with Crippen molar-refractivity contribution in [3.63, 3.8) is 0 Å².